The number of hydrogen-bond acceptors (Lipinski definition) is 3. The van der Waals surface area contributed by atoms with E-state index >= 15 is 0 Å². The van der Waals surface area contributed by atoms with E-state index in [-0.39, 0.29) is 11.5 Å². The van der Waals surface area contributed by atoms with E-state index in [2.05, 4.69) is 32.9 Å². The highest BCUT2D eigenvalue weighted by Gasteiger charge is 2.22. The Morgan fingerprint density at radius 2 is 2.00 bits per heavy atom. The Labute approximate surface area is 115 Å². The van der Waals surface area contributed by atoms with Gasteiger partial charge in [-0.2, -0.15) is 0 Å². The van der Waals surface area contributed by atoms with Crippen LogP contribution in [0.3, 0.4) is 0 Å². The number of fused-ring (bicyclic) bond motifs is 1. The first-order chi connectivity index (χ1) is 9.00. The molecule has 104 valence electrons. The van der Waals surface area contributed by atoms with Gasteiger partial charge in [-0.25, -0.2) is 0 Å². The van der Waals surface area contributed by atoms with Crippen molar-refractivity contribution >= 4 is 6.08 Å². The number of hydrogen-bond donors (Lipinski definition) is 0. The first-order valence-electron chi connectivity index (χ1n) is 6.70. The number of benzene rings is 1. The Balaban J connectivity index is 2.12. The van der Waals surface area contributed by atoms with Crippen LogP contribution in [0.15, 0.2) is 24.3 Å². The van der Waals surface area contributed by atoms with Gasteiger partial charge >= 0.3 is 0 Å². The second-order valence-electron chi connectivity index (χ2n) is 5.71. The van der Waals surface area contributed by atoms with Gasteiger partial charge in [0.2, 0.25) is 6.79 Å². The zero-order valence-corrected chi connectivity index (χ0v) is 12.1. The maximum Gasteiger partial charge on any atom is 0.231 e. The maximum absolute atomic E-state index is 5.78. The summed E-state index contributed by atoms with van der Waals surface area (Å²) in [4.78, 5) is 0. The van der Waals surface area contributed by atoms with Crippen molar-refractivity contribution in [2.75, 3.05) is 13.4 Å². The monoisotopic (exact) mass is 262 g/mol. The van der Waals surface area contributed by atoms with Crippen LogP contribution in [-0.4, -0.2) is 19.5 Å². The molecular formula is C16H22O3. The second-order valence-corrected chi connectivity index (χ2v) is 5.71. The highest BCUT2D eigenvalue weighted by Crippen LogP contribution is 2.33. The van der Waals surface area contributed by atoms with Crippen molar-refractivity contribution in [3.8, 4) is 11.5 Å². The molecule has 1 heterocycles. The predicted octanol–water partition coefficient (Wildman–Crippen LogP) is 3.88. The lowest BCUT2D eigenvalue weighted by atomic mass is 9.88. The SMILES string of the molecule is CCOC(/C=C/c1ccc2c(c1)OCO2)C(C)(C)C. The van der Waals surface area contributed by atoms with Gasteiger partial charge in [0, 0.05) is 6.61 Å². The van der Waals surface area contributed by atoms with Gasteiger partial charge in [0.05, 0.1) is 6.10 Å². The first-order valence-corrected chi connectivity index (χ1v) is 6.70. The summed E-state index contributed by atoms with van der Waals surface area (Å²) in [5.74, 6) is 1.63. The molecule has 1 atom stereocenters. The van der Waals surface area contributed by atoms with Gasteiger partial charge < -0.3 is 14.2 Å². The average Bonchev–Trinajstić information content (AvgIpc) is 2.80. The van der Waals surface area contributed by atoms with Crippen LogP contribution in [0.1, 0.15) is 33.3 Å². The molecular weight excluding hydrogens is 240 g/mol. The Bertz CT molecular complexity index is 458. The van der Waals surface area contributed by atoms with Crippen LogP contribution in [-0.2, 0) is 4.74 Å². The third-order valence-electron chi connectivity index (χ3n) is 3.06. The van der Waals surface area contributed by atoms with E-state index in [4.69, 9.17) is 14.2 Å². The largest absolute Gasteiger partial charge is 0.454 e. The molecule has 0 amide bonds. The van der Waals surface area contributed by atoms with E-state index in [1.165, 1.54) is 0 Å². The summed E-state index contributed by atoms with van der Waals surface area (Å²) in [6.45, 7) is 9.58. The van der Waals surface area contributed by atoms with Crippen molar-refractivity contribution in [2.24, 2.45) is 5.41 Å². The topological polar surface area (TPSA) is 27.7 Å². The molecule has 0 aliphatic carbocycles. The molecule has 1 aliphatic rings. The minimum atomic E-state index is 0.0862. The zero-order valence-electron chi connectivity index (χ0n) is 12.1. The summed E-state index contributed by atoms with van der Waals surface area (Å²) >= 11 is 0. The van der Waals surface area contributed by atoms with Gasteiger partial charge in [-0.05, 0) is 30.0 Å². The van der Waals surface area contributed by atoms with E-state index < -0.39 is 0 Å². The highest BCUT2D eigenvalue weighted by molar-refractivity contribution is 5.56. The Morgan fingerprint density at radius 1 is 1.26 bits per heavy atom. The molecule has 0 saturated heterocycles. The van der Waals surface area contributed by atoms with Crippen LogP contribution in [0.25, 0.3) is 6.08 Å². The van der Waals surface area contributed by atoms with E-state index in [0.29, 0.717) is 13.4 Å². The Hall–Kier alpha value is -1.48. The average molecular weight is 262 g/mol. The van der Waals surface area contributed by atoms with Crippen LogP contribution in [0, 0.1) is 5.41 Å². The van der Waals surface area contributed by atoms with Crippen LogP contribution >= 0.6 is 0 Å². The minimum Gasteiger partial charge on any atom is -0.454 e. The molecule has 0 spiro atoms. The van der Waals surface area contributed by atoms with Crippen molar-refractivity contribution < 1.29 is 14.2 Å². The van der Waals surface area contributed by atoms with Gasteiger partial charge in [0.15, 0.2) is 11.5 Å². The van der Waals surface area contributed by atoms with Crippen LogP contribution < -0.4 is 9.47 Å². The lowest BCUT2D eigenvalue weighted by molar-refractivity contribution is 0.0231. The van der Waals surface area contributed by atoms with Crippen molar-refractivity contribution in [3.05, 3.63) is 29.8 Å². The fourth-order valence-electron chi connectivity index (χ4n) is 1.99. The fourth-order valence-corrected chi connectivity index (χ4v) is 1.99. The fraction of sp³-hybridized carbons (Fsp3) is 0.500. The lowest BCUT2D eigenvalue weighted by Crippen LogP contribution is -2.27. The van der Waals surface area contributed by atoms with Gasteiger partial charge in [-0.15, -0.1) is 0 Å². The highest BCUT2D eigenvalue weighted by atomic mass is 16.7. The molecule has 0 N–H and O–H groups in total. The third-order valence-corrected chi connectivity index (χ3v) is 3.06. The van der Waals surface area contributed by atoms with Crippen molar-refractivity contribution in [1.82, 2.24) is 0 Å². The predicted molar refractivity (Wildman–Crippen MR) is 76.5 cm³/mol. The molecule has 19 heavy (non-hydrogen) atoms. The second kappa shape index (κ2) is 5.66. The van der Waals surface area contributed by atoms with E-state index in [9.17, 15) is 0 Å². The maximum atomic E-state index is 5.78. The molecule has 0 fully saturated rings. The summed E-state index contributed by atoms with van der Waals surface area (Å²) in [7, 11) is 0. The molecule has 1 aromatic carbocycles. The minimum absolute atomic E-state index is 0.0862. The standard InChI is InChI=1S/C16H22O3/c1-5-17-15(16(2,3)4)9-7-12-6-8-13-14(10-12)19-11-18-13/h6-10,15H,5,11H2,1-4H3/b9-7+. The van der Waals surface area contributed by atoms with Crippen LogP contribution in [0.5, 0.6) is 11.5 Å². The van der Waals surface area contributed by atoms with E-state index in [1.807, 2.05) is 25.1 Å². The van der Waals surface area contributed by atoms with E-state index in [0.717, 1.165) is 17.1 Å². The molecule has 2 rings (SSSR count). The molecule has 0 aromatic heterocycles. The molecule has 1 unspecified atom stereocenters. The number of rotatable bonds is 4. The normalized spacial score (nSPS) is 16.0. The van der Waals surface area contributed by atoms with Gasteiger partial charge in [-0.1, -0.05) is 39.0 Å². The van der Waals surface area contributed by atoms with Crippen molar-refractivity contribution in [3.63, 3.8) is 0 Å². The molecule has 0 radical (unpaired) electrons. The van der Waals surface area contributed by atoms with E-state index in [1.54, 1.807) is 0 Å². The Kier molecular flexibility index (Phi) is 4.15. The Morgan fingerprint density at radius 3 is 2.68 bits per heavy atom. The van der Waals surface area contributed by atoms with Crippen LogP contribution in [0.4, 0.5) is 0 Å². The van der Waals surface area contributed by atoms with Crippen molar-refractivity contribution in [2.45, 2.75) is 33.8 Å². The summed E-state index contributed by atoms with van der Waals surface area (Å²) < 4.78 is 16.5. The smallest absolute Gasteiger partial charge is 0.231 e. The van der Waals surface area contributed by atoms with Crippen molar-refractivity contribution in [1.29, 1.82) is 0 Å². The zero-order chi connectivity index (χ0) is 13.9. The molecule has 0 saturated carbocycles. The quantitative estimate of drug-likeness (QED) is 0.824. The summed E-state index contributed by atoms with van der Waals surface area (Å²) in [5.41, 5.74) is 1.18. The number of ether oxygens (including phenoxy) is 3. The van der Waals surface area contributed by atoms with Gasteiger partial charge in [0.1, 0.15) is 0 Å². The molecule has 0 bridgehead atoms. The molecule has 1 aliphatic heterocycles. The molecule has 1 aromatic rings. The summed E-state index contributed by atoms with van der Waals surface area (Å²) in [6.07, 6.45) is 4.29. The van der Waals surface area contributed by atoms with Gasteiger partial charge in [-0.3, -0.25) is 0 Å². The lowest BCUT2D eigenvalue weighted by Gasteiger charge is -2.27. The first kappa shape index (κ1) is 13.9. The summed E-state index contributed by atoms with van der Waals surface area (Å²) in [6, 6.07) is 5.95. The molecule has 3 heteroatoms. The molecule has 3 nitrogen and oxygen atoms in total. The van der Waals surface area contributed by atoms with Crippen LogP contribution in [0.2, 0.25) is 0 Å². The third kappa shape index (κ3) is 3.51. The van der Waals surface area contributed by atoms with Gasteiger partial charge in [0.25, 0.3) is 0 Å². The summed E-state index contributed by atoms with van der Waals surface area (Å²) in [5, 5.41) is 0.